The summed E-state index contributed by atoms with van der Waals surface area (Å²) in [6.45, 7) is 9.17. The summed E-state index contributed by atoms with van der Waals surface area (Å²) < 4.78 is 7.83. The SMILES string of the molecule is CCOc1cc2c(cc1C(=O)NCC1CC1)nc(Cc1cc(CNC(=O)C(C)(C)C)ccc1Cl)n2C. The third kappa shape index (κ3) is 6.01. The molecule has 2 amide bonds. The molecule has 0 atom stereocenters. The number of carbonyl (C=O) groups excluding carboxylic acids is 2. The zero-order chi connectivity index (χ0) is 26.0. The van der Waals surface area contributed by atoms with Gasteiger partial charge >= 0.3 is 0 Å². The van der Waals surface area contributed by atoms with Gasteiger partial charge in [0, 0.05) is 43.1 Å². The second kappa shape index (κ2) is 10.5. The monoisotopic (exact) mass is 510 g/mol. The van der Waals surface area contributed by atoms with E-state index in [0.29, 0.717) is 48.4 Å². The minimum absolute atomic E-state index is 0.00331. The lowest BCUT2D eigenvalue weighted by atomic mass is 9.95. The maximum atomic E-state index is 12.9. The summed E-state index contributed by atoms with van der Waals surface area (Å²) in [5.74, 6) is 1.84. The summed E-state index contributed by atoms with van der Waals surface area (Å²) in [5.41, 5.74) is 3.57. The Morgan fingerprint density at radius 2 is 1.92 bits per heavy atom. The zero-order valence-corrected chi connectivity index (χ0v) is 22.5. The molecule has 0 saturated heterocycles. The van der Waals surface area contributed by atoms with Gasteiger partial charge in [-0.05, 0) is 48.9 Å². The molecule has 0 spiro atoms. The predicted molar refractivity (Wildman–Crippen MR) is 142 cm³/mol. The number of imidazole rings is 1. The Bertz CT molecular complexity index is 1290. The standard InChI is InChI=1S/C28H35ClN4O3/c1-6-36-24-14-23-22(13-20(24)26(34)30-15-17-7-8-17)32-25(33(23)5)12-19-11-18(9-10-21(19)29)16-31-27(35)28(2,3)4/h9-11,13-14,17H,6-8,12,15-16H2,1-5H3,(H,30,34)(H,31,35). The van der Waals surface area contributed by atoms with Gasteiger partial charge in [0.2, 0.25) is 5.91 Å². The van der Waals surface area contributed by atoms with Gasteiger partial charge in [0.25, 0.3) is 5.91 Å². The third-order valence-corrected chi connectivity index (χ3v) is 6.83. The summed E-state index contributed by atoms with van der Waals surface area (Å²) in [5, 5.41) is 6.65. The highest BCUT2D eigenvalue weighted by Gasteiger charge is 2.24. The molecule has 7 nitrogen and oxygen atoms in total. The average molecular weight is 511 g/mol. The molecule has 192 valence electrons. The first-order chi connectivity index (χ1) is 17.1. The molecule has 0 radical (unpaired) electrons. The molecular formula is C28H35ClN4O3. The maximum absolute atomic E-state index is 12.9. The summed E-state index contributed by atoms with van der Waals surface area (Å²) in [6.07, 6.45) is 2.86. The van der Waals surface area contributed by atoms with Gasteiger partial charge in [0.1, 0.15) is 11.6 Å². The van der Waals surface area contributed by atoms with Gasteiger partial charge in [-0.25, -0.2) is 4.98 Å². The molecule has 3 aromatic rings. The Hall–Kier alpha value is -3.06. The minimum Gasteiger partial charge on any atom is -0.493 e. The number of amides is 2. The number of ether oxygens (including phenoxy) is 1. The van der Waals surface area contributed by atoms with E-state index in [0.717, 1.165) is 28.0 Å². The van der Waals surface area contributed by atoms with Gasteiger partial charge in [0.15, 0.2) is 0 Å². The normalized spacial score (nSPS) is 13.6. The lowest BCUT2D eigenvalue weighted by molar-refractivity contribution is -0.128. The molecule has 0 unspecified atom stereocenters. The van der Waals surface area contributed by atoms with Crippen LogP contribution in [0.15, 0.2) is 30.3 Å². The van der Waals surface area contributed by atoms with E-state index in [1.54, 1.807) is 0 Å². The van der Waals surface area contributed by atoms with Crippen LogP contribution in [0.2, 0.25) is 5.02 Å². The highest BCUT2D eigenvalue weighted by molar-refractivity contribution is 6.31. The molecule has 1 aliphatic rings. The number of aryl methyl sites for hydroxylation is 1. The van der Waals surface area contributed by atoms with Crippen LogP contribution in [0.1, 0.15) is 67.8 Å². The number of fused-ring (bicyclic) bond motifs is 1. The van der Waals surface area contributed by atoms with Crippen LogP contribution >= 0.6 is 11.6 Å². The molecule has 0 aliphatic heterocycles. The quantitative estimate of drug-likeness (QED) is 0.423. The largest absolute Gasteiger partial charge is 0.493 e. The molecule has 8 heteroatoms. The topological polar surface area (TPSA) is 85.2 Å². The van der Waals surface area contributed by atoms with Crippen molar-refractivity contribution >= 4 is 34.4 Å². The van der Waals surface area contributed by atoms with Crippen LogP contribution in [0, 0.1) is 11.3 Å². The van der Waals surface area contributed by atoms with Gasteiger partial charge in [-0.2, -0.15) is 0 Å². The molecule has 1 fully saturated rings. The third-order valence-electron chi connectivity index (χ3n) is 6.46. The van der Waals surface area contributed by atoms with Crippen molar-refractivity contribution in [1.82, 2.24) is 20.2 Å². The number of nitrogens with one attached hydrogen (secondary N) is 2. The minimum atomic E-state index is -0.448. The Kier molecular flexibility index (Phi) is 7.59. The Balaban J connectivity index is 1.59. The van der Waals surface area contributed by atoms with Crippen molar-refractivity contribution in [2.24, 2.45) is 18.4 Å². The molecule has 36 heavy (non-hydrogen) atoms. The van der Waals surface area contributed by atoms with E-state index in [4.69, 9.17) is 21.3 Å². The summed E-state index contributed by atoms with van der Waals surface area (Å²) in [6, 6.07) is 9.48. The van der Waals surface area contributed by atoms with Crippen molar-refractivity contribution in [2.45, 2.75) is 53.5 Å². The number of benzene rings is 2. The molecule has 2 aromatic carbocycles. The van der Waals surface area contributed by atoms with Crippen LogP contribution in [0.25, 0.3) is 11.0 Å². The maximum Gasteiger partial charge on any atom is 0.255 e. The van der Waals surface area contributed by atoms with Crippen molar-refractivity contribution in [1.29, 1.82) is 0 Å². The number of nitrogens with zero attached hydrogens (tertiary/aromatic N) is 2. The highest BCUT2D eigenvalue weighted by atomic mass is 35.5. The fraction of sp³-hybridized carbons (Fsp3) is 0.464. The van der Waals surface area contributed by atoms with E-state index >= 15 is 0 Å². The van der Waals surface area contributed by atoms with Crippen molar-refractivity contribution in [3.63, 3.8) is 0 Å². The number of aromatic nitrogens is 2. The Morgan fingerprint density at radius 1 is 1.17 bits per heavy atom. The lowest BCUT2D eigenvalue weighted by Crippen LogP contribution is -2.34. The number of rotatable bonds is 9. The summed E-state index contributed by atoms with van der Waals surface area (Å²) >= 11 is 6.53. The van der Waals surface area contributed by atoms with Crippen LogP contribution in [-0.2, 0) is 24.8 Å². The van der Waals surface area contributed by atoms with Gasteiger partial charge in [-0.3, -0.25) is 9.59 Å². The van der Waals surface area contributed by atoms with E-state index in [9.17, 15) is 9.59 Å². The molecular weight excluding hydrogens is 476 g/mol. The molecule has 1 aliphatic carbocycles. The van der Waals surface area contributed by atoms with Gasteiger partial charge in [-0.15, -0.1) is 0 Å². The van der Waals surface area contributed by atoms with Crippen molar-refractivity contribution < 1.29 is 14.3 Å². The van der Waals surface area contributed by atoms with Gasteiger partial charge in [0.05, 0.1) is 23.2 Å². The summed E-state index contributed by atoms with van der Waals surface area (Å²) in [4.78, 5) is 30.0. The highest BCUT2D eigenvalue weighted by Crippen LogP contribution is 2.30. The van der Waals surface area contributed by atoms with E-state index in [-0.39, 0.29) is 11.8 Å². The number of halogens is 1. The second-order valence-electron chi connectivity index (χ2n) is 10.5. The smallest absolute Gasteiger partial charge is 0.255 e. The first-order valence-electron chi connectivity index (χ1n) is 12.5. The van der Waals surface area contributed by atoms with Gasteiger partial charge in [-0.1, -0.05) is 44.5 Å². The van der Waals surface area contributed by atoms with E-state index in [1.807, 2.05) is 69.6 Å². The summed E-state index contributed by atoms with van der Waals surface area (Å²) in [7, 11) is 1.95. The molecule has 1 aromatic heterocycles. The van der Waals surface area contributed by atoms with Crippen molar-refractivity contribution in [3.05, 3.63) is 57.9 Å². The number of carbonyl (C=O) groups is 2. The molecule has 0 bridgehead atoms. The average Bonchev–Trinajstić information content (AvgIpc) is 3.61. The number of hydrogen-bond donors (Lipinski definition) is 2. The second-order valence-corrected chi connectivity index (χ2v) is 11.0. The van der Waals surface area contributed by atoms with Crippen molar-refractivity contribution in [2.75, 3.05) is 13.2 Å². The first kappa shape index (κ1) is 26.0. The van der Waals surface area contributed by atoms with E-state index < -0.39 is 5.41 Å². The Morgan fingerprint density at radius 3 is 2.58 bits per heavy atom. The first-order valence-corrected chi connectivity index (χ1v) is 12.9. The molecule has 4 rings (SSSR count). The Labute approximate surface area is 217 Å². The fourth-order valence-corrected chi connectivity index (χ4v) is 4.21. The van der Waals surface area contributed by atoms with Crippen LogP contribution in [-0.4, -0.2) is 34.5 Å². The number of hydrogen-bond acceptors (Lipinski definition) is 4. The van der Waals surface area contributed by atoms with Crippen LogP contribution in [0.5, 0.6) is 5.75 Å². The van der Waals surface area contributed by atoms with E-state index in [2.05, 4.69) is 10.6 Å². The van der Waals surface area contributed by atoms with Crippen LogP contribution in [0.4, 0.5) is 0 Å². The van der Waals surface area contributed by atoms with Crippen LogP contribution < -0.4 is 15.4 Å². The van der Waals surface area contributed by atoms with Crippen molar-refractivity contribution in [3.8, 4) is 5.75 Å². The molecule has 1 saturated carbocycles. The molecule has 1 heterocycles. The fourth-order valence-electron chi connectivity index (χ4n) is 4.03. The van der Waals surface area contributed by atoms with Gasteiger partial charge < -0.3 is 19.9 Å². The van der Waals surface area contributed by atoms with Crippen LogP contribution in [0.3, 0.4) is 0 Å². The molecule has 2 N–H and O–H groups in total. The predicted octanol–water partition coefficient (Wildman–Crippen LogP) is 5.02. The van der Waals surface area contributed by atoms with E-state index in [1.165, 1.54) is 12.8 Å². The zero-order valence-electron chi connectivity index (χ0n) is 21.7. The lowest BCUT2D eigenvalue weighted by Gasteiger charge is -2.18.